The Morgan fingerprint density at radius 1 is 1.85 bits per heavy atom. The number of aryl methyl sites for hydroxylation is 1. The molecule has 0 radical (unpaired) electrons. The second-order valence-electron chi connectivity index (χ2n) is 2.98. The molecule has 0 fully saturated rings. The number of amides is 1. The highest BCUT2D eigenvalue weighted by Gasteiger charge is 2.10. The monoisotopic (exact) mass is 182 g/mol. The van der Waals surface area contributed by atoms with Crippen LogP contribution in [0.15, 0.2) is 12.3 Å². The number of hydrogen-bond acceptors (Lipinski definition) is 3. The molecular weight excluding hydrogens is 168 g/mol. The molecule has 5 nitrogen and oxygen atoms in total. The molecule has 1 heterocycles. The Bertz CT molecular complexity index is 294. The number of nitrogens with two attached hydrogens (primary N) is 1. The third-order valence-corrected chi connectivity index (χ3v) is 1.68. The summed E-state index contributed by atoms with van der Waals surface area (Å²) in [5.74, 6) is -0.182. The summed E-state index contributed by atoms with van der Waals surface area (Å²) in [6, 6.07) is 1.65. The lowest BCUT2D eigenvalue weighted by molar-refractivity contribution is 0.0935. The Labute approximate surface area is 76.9 Å². The number of rotatable bonds is 3. The highest BCUT2D eigenvalue weighted by Crippen LogP contribution is 1.94. The molecule has 0 aliphatic carbocycles. The molecular formula is C8H14N4O. The van der Waals surface area contributed by atoms with E-state index in [0.717, 1.165) is 0 Å². The van der Waals surface area contributed by atoms with E-state index in [1.54, 1.807) is 24.0 Å². The number of hydrogen-bond donors (Lipinski definition) is 2. The van der Waals surface area contributed by atoms with Gasteiger partial charge < -0.3 is 11.1 Å². The number of nitrogens with zero attached hydrogens (tertiary/aromatic N) is 2. The second kappa shape index (κ2) is 4.04. The largest absolute Gasteiger partial charge is 0.347 e. The molecule has 0 saturated heterocycles. The Kier molecular flexibility index (Phi) is 3.02. The van der Waals surface area contributed by atoms with Gasteiger partial charge in [0.15, 0.2) is 0 Å². The molecule has 3 N–H and O–H groups in total. The first-order valence-corrected chi connectivity index (χ1v) is 4.14. The molecule has 0 aliphatic heterocycles. The zero-order chi connectivity index (χ0) is 9.84. The molecule has 0 bridgehead atoms. The standard InChI is InChI=1S/C8H14N4O/c1-6(5-9)10-8(13)7-3-4-12(2)11-7/h3-4,6H,5,9H2,1-2H3,(H,10,13). The maximum Gasteiger partial charge on any atom is 0.272 e. The average molecular weight is 182 g/mol. The zero-order valence-corrected chi connectivity index (χ0v) is 7.82. The lowest BCUT2D eigenvalue weighted by Gasteiger charge is -2.08. The fraction of sp³-hybridized carbons (Fsp3) is 0.500. The fourth-order valence-electron chi connectivity index (χ4n) is 0.893. The van der Waals surface area contributed by atoms with Gasteiger partial charge in [-0.3, -0.25) is 9.48 Å². The molecule has 1 aromatic rings. The van der Waals surface area contributed by atoms with E-state index in [4.69, 9.17) is 5.73 Å². The van der Waals surface area contributed by atoms with E-state index in [1.807, 2.05) is 6.92 Å². The Morgan fingerprint density at radius 3 is 3.00 bits per heavy atom. The first kappa shape index (κ1) is 9.73. The van der Waals surface area contributed by atoms with Gasteiger partial charge in [-0.05, 0) is 13.0 Å². The van der Waals surface area contributed by atoms with Crippen LogP contribution in [0.2, 0.25) is 0 Å². The number of carbonyl (C=O) groups excluding carboxylic acids is 1. The van der Waals surface area contributed by atoms with Crippen LogP contribution in [-0.4, -0.2) is 28.3 Å². The summed E-state index contributed by atoms with van der Waals surface area (Å²) in [7, 11) is 1.77. The van der Waals surface area contributed by atoms with E-state index >= 15 is 0 Å². The van der Waals surface area contributed by atoms with Crippen LogP contribution < -0.4 is 11.1 Å². The van der Waals surface area contributed by atoms with Crippen LogP contribution in [0.25, 0.3) is 0 Å². The van der Waals surface area contributed by atoms with E-state index in [0.29, 0.717) is 12.2 Å². The first-order chi connectivity index (χ1) is 6.13. The third kappa shape index (κ3) is 2.55. The van der Waals surface area contributed by atoms with Crippen molar-refractivity contribution in [3.8, 4) is 0 Å². The van der Waals surface area contributed by atoms with E-state index in [2.05, 4.69) is 10.4 Å². The van der Waals surface area contributed by atoms with E-state index in [9.17, 15) is 4.79 Å². The molecule has 1 atom stereocenters. The van der Waals surface area contributed by atoms with Gasteiger partial charge in [0.2, 0.25) is 0 Å². The van der Waals surface area contributed by atoms with Crippen molar-refractivity contribution >= 4 is 5.91 Å². The van der Waals surface area contributed by atoms with Crippen molar-refractivity contribution in [3.05, 3.63) is 18.0 Å². The number of aromatic nitrogens is 2. The van der Waals surface area contributed by atoms with Crippen molar-refractivity contribution in [2.45, 2.75) is 13.0 Å². The summed E-state index contributed by atoms with van der Waals surface area (Å²) in [5.41, 5.74) is 5.78. The normalized spacial score (nSPS) is 12.5. The average Bonchev–Trinajstić information content (AvgIpc) is 2.51. The fourth-order valence-corrected chi connectivity index (χ4v) is 0.893. The molecule has 0 saturated carbocycles. The molecule has 0 aromatic carbocycles. The highest BCUT2D eigenvalue weighted by molar-refractivity contribution is 5.92. The summed E-state index contributed by atoms with van der Waals surface area (Å²) in [6.45, 7) is 2.28. The Hall–Kier alpha value is -1.36. The van der Waals surface area contributed by atoms with Gasteiger partial charge in [-0.1, -0.05) is 0 Å². The summed E-state index contributed by atoms with van der Waals surface area (Å²) < 4.78 is 1.59. The van der Waals surface area contributed by atoms with E-state index < -0.39 is 0 Å². The molecule has 72 valence electrons. The van der Waals surface area contributed by atoms with Gasteiger partial charge in [-0.15, -0.1) is 0 Å². The van der Waals surface area contributed by atoms with Gasteiger partial charge in [-0.25, -0.2) is 0 Å². The van der Waals surface area contributed by atoms with Crippen molar-refractivity contribution in [2.75, 3.05) is 6.54 Å². The van der Waals surface area contributed by atoms with Crippen molar-refractivity contribution < 1.29 is 4.79 Å². The first-order valence-electron chi connectivity index (χ1n) is 4.14. The van der Waals surface area contributed by atoms with Crippen molar-refractivity contribution in [2.24, 2.45) is 12.8 Å². The molecule has 1 amide bonds. The van der Waals surface area contributed by atoms with Gasteiger partial charge in [0.25, 0.3) is 5.91 Å². The van der Waals surface area contributed by atoms with Crippen LogP contribution in [0.5, 0.6) is 0 Å². The Morgan fingerprint density at radius 2 is 2.54 bits per heavy atom. The molecule has 0 spiro atoms. The zero-order valence-electron chi connectivity index (χ0n) is 7.82. The summed E-state index contributed by atoms with van der Waals surface area (Å²) in [5, 5.41) is 6.68. The quantitative estimate of drug-likeness (QED) is 0.661. The van der Waals surface area contributed by atoms with Crippen molar-refractivity contribution in [1.29, 1.82) is 0 Å². The van der Waals surface area contributed by atoms with E-state index in [1.165, 1.54) is 0 Å². The summed E-state index contributed by atoms with van der Waals surface area (Å²) in [4.78, 5) is 11.4. The molecule has 0 aliphatic rings. The summed E-state index contributed by atoms with van der Waals surface area (Å²) in [6.07, 6.45) is 1.72. The van der Waals surface area contributed by atoms with Gasteiger partial charge in [0, 0.05) is 25.8 Å². The minimum Gasteiger partial charge on any atom is -0.347 e. The van der Waals surface area contributed by atoms with Gasteiger partial charge >= 0.3 is 0 Å². The van der Waals surface area contributed by atoms with Crippen molar-refractivity contribution in [1.82, 2.24) is 15.1 Å². The lowest BCUT2D eigenvalue weighted by atomic mass is 10.3. The molecule has 1 aromatic heterocycles. The second-order valence-corrected chi connectivity index (χ2v) is 2.98. The van der Waals surface area contributed by atoms with Crippen LogP contribution in [0.1, 0.15) is 17.4 Å². The maximum atomic E-state index is 11.4. The Balaban J connectivity index is 2.58. The predicted molar refractivity (Wildman–Crippen MR) is 49.2 cm³/mol. The SMILES string of the molecule is CC(CN)NC(=O)c1ccn(C)n1. The predicted octanol–water partition coefficient (Wildman–Crippen LogP) is -0.503. The molecule has 1 unspecified atom stereocenters. The third-order valence-electron chi connectivity index (χ3n) is 1.68. The summed E-state index contributed by atoms with van der Waals surface area (Å²) >= 11 is 0. The molecule has 13 heavy (non-hydrogen) atoms. The number of carbonyl (C=O) groups is 1. The number of nitrogens with one attached hydrogen (secondary N) is 1. The van der Waals surface area contributed by atoms with Gasteiger partial charge in [-0.2, -0.15) is 5.10 Å². The van der Waals surface area contributed by atoms with Crippen LogP contribution in [0.3, 0.4) is 0 Å². The molecule has 5 heteroatoms. The smallest absolute Gasteiger partial charge is 0.272 e. The van der Waals surface area contributed by atoms with Crippen LogP contribution in [-0.2, 0) is 7.05 Å². The highest BCUT2D eigenvalue weighted by atomic mass is 16.2. The van der Waals surface area contributed by atoms with Crippen LogP contribution in [0, 0.1) is 0 Å². The minimum atomic E-state index is -0.182. The topological polar surface area (TPSA) is 72.9 Å². The lowest BCUT2D eigenvalue weighted by Crippen LogP contribution is -2.38. The van der Waals surface area contributed by atoms with Gasteiger partial charge in [0.05, 0.1) is 0 Å². The molecule has 1 rings (SSSR count). The van der Waals surface area contributed by atoms with E-state index in [-0.39, 0.29) is 11.9 Å². The van der Waals surface area contributed by atoms with Crippen LogP contribution >= 0.6 is 0 Å². The maximum absolute atomic E-state index is 11.4. The minimum absolute atomic E-state index is 0.0190. The van der Waals surface area contributed by atoms with Crippen LogP contribution in [0.4, 0.5) is 0 Å². The van der Waals surface area contributed by atoms with Crippen molar-refractivity contribution in [3.63, 3.8) is 0 Å². The van der Waals surface area contributed by atoms with Gasteiger partial charge in [0.1, 0.15) is 5.69 Å².